The third-order valence-electron chi connectivity index (χ3n) is 5.70. The van der Waals surface area contributed by atoms with Crippen molar-refractivity contribution in [1.82, 2.24) is 15.2 Å². The largest absolute Gasteiger partial charge is 0.446 e. The van der Waals surface area contributed by atoms with Crippen LogP contribution in [0.1, 0.15) is 67.3 Å². The van der Waals surface area contributed by atoms with E-state index in [1.54, 1.807) is 4.90 Å². The molecule has 32 heavy (non-hydrogen) atoms. The topological polar surface area (TPSA) is 75.4 Å². The van der Waals surface area contributed by atoms with Crippen LogP contribution in [0.15, 0.2) is 65.3 Å². The molecule has 6 heteroatoms. The van der Waals surface area contributed by atoms with Gasteiger partial charge in [-0.2, -0.15) is 0 Å². The lowest BCUT2D eigenvalue weighted by Crippen LogP contribution is -2.38. The number of nitrogens with zero attached hydrogens (tertiary/aromatic N) is 2. The zero-order chi connectivity index (χ0) is 23.1. The molecule has 3 rings (SSSR count). The summed E-state index contributed by atoms with van der Waals surface area (Å²) in [6, 6.07) is 17.7. The first-order chi connectivity index (χ1) is 15.4. The van der Waals surface area contributed by atoms with E-state index in [9.17, 15) is 9.59 Å². The summed E-state index contributed by atoms with van der Waals surface area (Å²) in [4.78, 5) is 31.6. The summed E-state index contributed by atoms with van der Waals surface area (Å²) in [7, 11) is 0. The maximum atomic E-state index is 13.3. The fourth-order valence-corrected chi connectivity index (χ4v) is 3.28. The van der Waals surface area contributed by atoms with Gasteiger partial charge < -0.3 is 14.6 Å². The number of oxazole rings is 1. The van der Waals surface area contributed by atoms with E-state index >= 15 is 0 Å². The molecule has 2 amide bonds. The number of amides is 2. The van der Waals surface area contributed by atoms with Crippen molar-refractivity contribution in [3.05, 3.63) is 78.0 Å². The highest BCUT2D eigenvalue weighted by molar-refractivity contribution is 5.95. The van der Waals surface area contributed by atoms with Crippen molar-refractivity contribution < 1.29 is 14.0 Å². The van der Waals surface area contributed by atoms with Gasteiger partial charge in [0.05, 0.1) is 6.54 Å². The Morgan fingerprint density at radius 2 is 1.62 bits per heavy atom. The Bertz CT molecular complexity index is 1030. The number of benzene rings is 2. The van der Waals surface area contributed by atoms with Crippen molar-refractivity contribution in [2.75, 3.05) is 0 Å². The summed E-state index contributed by atoms with van der Waals surface area (Å²) >= 11 is 0. The maximum Gasteiger partial charge on any atom is 0.273 e. The van der Waals surface area contributed by atoms with Crippen LogP contribution in [0.3, 0.4) is 0 Å². The number of carbonyl (C=O) groups excluding carboxylic acids is 2. The van der Waals surface area contributed by atoms with Crippen LogP contribution < -0.4 is 5.32 Å². The van der Waals surface area contributed by atoms with Crippen LogP contribution >= 0.6 is 0 Å². The van der Waals surface area contributed by atoms with Gasteiger partial charge in [0.25, 0.3) is 11.8 Å². The molecule has 0 saturated heterocycles. The average Bonchev–Trinajstić information content (AvgIpc) is 3.31. The van der Waals surface area contributed by atoms with Crippen molar-refractivity contribution in [2.45, 2.75) is 59.2 Å². The lowest BCUT2D eigenvalue weighted by Gasteiger charge is -2.27. The quantitative estimate of drug-likeness (QED) is 0.496. The highest BCUT2D eigenvalue weighted by Crippen LogP contribution is 2.21. The summed E-state index contributed by atoms with van der Waals surface area (Å²) in [5.74, 6) is -0.0242. The van der Waals surface area contributed by atoms with E-state index in [2.05, 4.69) is 10.3 Å². The molecule has 0 aliphatic heterocycles. The van der Waals surface area contributed by atoms with Crippen LogP contribution in [0.4, 0.5) is 0 Å². The molecule has 0 fully saturated rings. The fourth-order valence-electron chi connectivity index (χ4n) is 3.28. The molecule has 2 aromatic carbocycles. The summed E-state index contributed by atoms with van der Waals surface area (Å²) in [6.45, 7) is 8.16. The van der Waals surface area contributed by atoms with Crippen molar-refractivity contribution in [3.8, 4) is 11.1 Å². The molecule has 1 heterocycles. The van der Waals surface area contributed by atoms with Gasteiger partial charge in [0, 0.05) is 17.6 Å². The van der Waals surface area contributed by atoms with Gasteiger partial charge in [-0.05, 0) is 49.9 Å². The van der Waals surface area contributed by atoms with Gasteiger partial charge in [-0.3, -0.25) is 9.59 Å². The molecular formula is C26H31N3O3. The normalized spacial score (nSPS) is 12.8. The summed E-state index contributed by atoms with van der Waals surface area (Å²) in [5.41, 5.74) is 2.99. The van der Waals surface area contributed by atoms with Crippen molar-refractivity contribution in [3.63, 3.8) is 0 Å². The van der Waals surface area contributed by atoms with E-state index < -0.39 is 0 Å². The zero-order valence-corrected chi connectivity index (χ0v) is 19.2. The SMILES string of the molecule is CCC(C)NC(=O)c1coc(CN(C(=O)c2ccc(-c3ccccc3)cc2)C(C)CC)n1. The van der Waals surface area contributed by atoms with Crippen LogP contribution in [0, 0.1) is 0 Å². The van der Waals surface area contributed by atoms with Crippen molar-refractivity contribution in [1.29, 1.82) is 0 Å². The van der Waals surface area contributed by atoms with Gasteiger partial charge in [0.15, 0.2) is 5.69 Å². The summed E-state index contributed by atoms with van der Waals surface area (Å²) in [6.07, 6.45) is 2.96. The van der Waals surface area contributed by atoms with Gasteiger partial charge in [0.2, 0.25) is 5.89 Å². The Kier molecular flexibility index (Phi) is 7.82. The molecule has 2 atom stereocenters. The van der Waals surface area contributed by atoms with Crippen LogP contribution in [0.5, 0.6) is 0 Å². The Hall–Kier alpha value is -3.41. The lowest BCUT2D eigenvalue weighted by atomic mass is 10.0. The smallest absolute Gasteiger partial charge is 0.273 e. The third kappa shape index (κ3) is 5.63. The minimum atomic E-state index is -0.271. The minimum Gasteiger partial charge on any atom is -0.446 e. The number of hydrogen-bond acceptors (Lipinski definition) is 4. The van der Waals surface area contributed by atoms with Gasteiger partial charge in [-0.1, -0.05) is 56.3 Å². The second-order valence-electron chi connectivity index (χ2n) is 8.04. The van der Waals surface area contributed by atoms with Crippen LogP contribution in [-0.4, -0.2) is 33.8 Å². The highest BCUT2D eigenvalue weighted by Gasteiger charge is 2.24. The minimum absolute atomic E-state index is 0.0133. The van der Waals surface area contributed by atoms with Gasteiger partial charge >= 0.3 is 0 Å². The average molecular weight is 434 g/mol. The number of aromatic nitrogens is 1. The predicted octanol–water partition coefficient (Wildman–Crippen LogP) is 5.31. The Morgan fingerprint density at radius 1 is 0.969 bits per heavy atom. The Balaban J connectivity index is 1.75. The van der Waals surface area contributed by atoms with E-state index in [1.807, 2.05) is 82.3 Å². The number of hydrogen-bond donors (Lipinski definition) is 1. The first-order valence-corrected chi connectivity index (χ1v) is 11.1. The molecule has 1 N–H and O–H groups in total. The van der Waals surface area contributed by atoms with Gasteiger partial charge in [-0.25, -0.2) is 4.98 Å². The van der Waals surface area contributed by atoms with E-state index in [-0.39, 0.29) is 36.1 Å². The molecule has 1 aromatic heterocycles. The van der Waals surface area contributed by atoms with E-state index in [4.69, 9.17) is 4.42 Å². The molecule has 0 aliphatic carbocycles. The van der Waals surface area contributed by atoms with E-state index in [1.165, 1.54) is 6.26 Å². The third-order valence-corrected chi connectivity index (χ3v) is 5.70. The molecule has 0 bridgehead atoms. The van der Waals surface area contributed by atoms with E-state index in [0.29, 0.717) is 11.5 Å². The van der Waals surface area contributed by atoms with E-state index in [0.717, 1.165) is 24.0 Å². The van der Waals surface area contributed by atoms with Crippen molar-refractivity contribution in [2.24, 2.45) is 0 Å². The predicted molar refractivity (Wildman–Crippen MR) is 125 cm³/mol. The standard InChI is InChI=1S/C26H31N3O3/c1-5-18(3)27-25(30)23-17-32-24(28-23)16-29(19(4)6-2)26(31)22-14-12-21(13-15-22)20-10-8-7-9-11-20/h7-15,17-19H,5-6,16H2,1-4H3,(H,27,30). The molecular weight excluding hydrogens is 402 g/mol. The number of carbonyl (C=O) groups is 2. The summed E-state index contributed by atoms with van der Waals surface area (Å²) < 4.78 is 5.52. The fraction of sp³-hybridized carbons (Fsp3) is 0.346. The molecule has 3 aromatic rings. The van der Waals surface area contributed by atoms with Crippen LogP contribution in [0.2, 0.25) is 0 Å². The number of nitrogens with one attached hydrogen (secondary N) is 1. The molecule has 0 saturated carbocycles. The molecule has 0 aliphatic rings. The first kappa shape index (κ1) is 23.3. The Morgan fingerprint density at radius 3 is 2.25 bits per heavy atom. The van der Waals surface area contributed by atoms with Crippen LogP contribution in [-0.2, 0) is 6.54 Å². The second kappa shape index (κ2) is 10.8. The summed E-state index contributed by atoms with van der Waals surface area (Å²) in [5, 5.41) is 2.87. The highest BCUT2D eigenvalue weighted by atomic mass is 16.3. The molecule has 0 radical (unpaired) electrons. The van der Waals surface area contributed by atoms with Crippen LogP contribution in [0.25, 0.3) is 11.1 Å². The maximum absolute atomic E-state index is 13.3. The first-order valence-electron chi connectivity index (χ1n) is 11.1. The Labute approximate surface area is 189 Å². The molecule has 6 nitrogen and oxygen atoms in total. The zero-order valence-electron chi connectivity index (χ0n) is 19.2. The lowest BCUT2D eigenvalue weighted by molar-refractivity contribution is 0.0652. The van der Waals surface area contributed by atoms with Gasteiger partial charge in [-0.15, -0.1) is 0 Å². The second-order valence-corrected chi connectivity index (χ2v) is 8.04. The molecule has 0 spiro atoms. The molecule has 2 unspecified atom stereocenters. The van der Waals surface area contributed by atoms with Crippen molar-refractivity contribution >= 4 is 11.8 Å². The molecule has 168 valence electrons. The number of rotatable bonds is 9. The monoisotopic (exact) mass is 433 g/mol. The van der Waals surface area contributed by atoms with Gasteiger partial charge in [0.1, 0.15) is 6.26 Å².